The molecule has 0 radical (unpaired) electrons. The molecule has 1 atom stereocenters. The molecular weight excluding hydrogens is 168 g/mol. The number of hydrogen-bond donors (Lipinski definition) is 2. The van der Waals surface area contributed by atoms with Crippen molar-refractivity contribution in [2.24, 2.45) is 0 Å². The van der Waals surface area contributed by atoms with Crippen molar-refractivity contribution >= 4 is 6.03 Å². The monoisotopic (exact) mass is 188 g/mol. The van der Waals surface area contributed by atoms with E-state index in [-0.39, 0.29) is 18.1 Å². The van der Waals surface area contributed by atoms with Gasteiger partial charge in [0.05, 0.1) is 12.6 Å². The number of rotatable bonds is 5. The zero-order valence-electron chi connectivity index (χ0n) is 8.89. The summed E-state index contributed by atoms with van der Waals surface area (Å²) in [6.07, 6.45) is 0.874. The Bertz CT molecular complexity index is 149. The molecule has 1 unspecified atom stereocenters. The van der Waals surface area contributed by atoms with Gasteiger partial charge in [0.1, 0.15) is 0 Å². The van der Waals surface area contributed by atoms with Crippen LogP contribution in [-0.4, -0.2) is 31.8 Å². The maximum atomic E-state index is 11.2. The molecule has 78 valence electrons. The van der Waals surface area contributed by atoms with Crippen LogP contribution in [0.2, 0.25) is 0 Å². The van der Waals surface area contributed by atoms with Crippen LogP contribution in [0.15, 0.2) is 0 Å². The predicted octanol–water partition coefficient (Wildman–Crippen LogP) is 1.12. The van der Waals surface area contributed by atoms with Crippen LogP contribution in [0.25, 0.3) is 0 Å². The smallest absolute Gasteiger partial charge is 0.315 e. The zero-order chi connectivity index (χ0) is 10.3. The molecule has 4 nitrogen and oxygen atoms in total. The number of nitrogens with one attached hydrogen (secondary N) is 2. The van der Waals surface area contributed by atoms with Gasteiger partial charge in [-0.1, -0.05) is 6.92 Å². The largest absolute Gasteiger partial charge is 0.383 e. The van der Waals surface area contributed by atoms with Gasteiger partial charge in [0.15, 0.2) is 0 Å². The Balaban J connectivity index is 3.73. The summed E-state index contributed by atoms with van der Waals surface area (Å²) in [7, 11) is 1.63. The van der Waals surface area contributed by atoms with Gasteiger partial charge in [0.2, 0.25) is 0 Å². The molecular formula is C9H20N2O2. The molecule has 0 saturated heterocycles. The predicted molar refractivity (Wildman–Crippen MR) is 52.8 cm³/mol. The van der Waals surface area contributed by atoms with Gasteiger partial charge in [-0.25, -0.2) is 4.79 Å². The molecule has 4 heteroatoms. The van der Waals surface area contributed by atoms with Crippen molar-refractivity contribution < 1.29 is 9.53 Å². The number of carbonyl (C=O) groups excluding carboxylic acids is 1. The number of amides is 2. The molecule has 0 spiro atoms. The van der Waals surface area contributed by atoms with E-state index in [4.69, 9.17) is 4.74 Å². The Morgan fingerprint density at radius 1 is 1.38 bits per heavy atom. The maximum absolute atomic E-state index is 11.2. The summed E-state index contributed by atoms with van der Waals surface area (Å²) in [6.45, 7) is 6.43. The second-order valence-electron chi connectivity index (χ2n) is 3.33. The lowest BCUT2D eigenvalue weighted by Crippen LogP contribution is -2.46. The van der Waals surface area contributed by atoms with Crippen molar-refractivity contribution in [3.8, 4) is 0 Å². The first-order valence-corrected chi connectivity index (χ1v) is 4.66. The number of ether oxygens (including phenoxy) is 1. The summed E-state index contributed by atoms with van der Waals surface area (Å²) in [5.41, 5.74) is 0. The molecule has 0 fully saturated rings. The molecule has 0 aliphatic rings. The van der Waals surface area contributed by atoms with E-state index in [0.717, 1.165) is 6.42 Å². The molecule has 0 rings (SSSR count). The molecule has 0 aliphatic carbocycles. The standard InChI is InChI=1S/C9H20N2O2/c1-5-8(6-13-4)11-9(12)10-7(2)3/h7-8H,5-6H2,1-4H3,(H2,10,11,12). The average Bonchev–Trinajstić information content (AvgIpc) is 2.02. The van der Waals surface area contributed by atoms with Crippen LogP contribution in [0.4, 0.5) is 4.79 Å². The Hall–Kier alpha value is -0.770. The molecule has 0 aromatic carbocycles. The Labute approximate surface area is 80.0 Å². The van der Waals surface area contributed by atoms with Gasteiger partial charge >= 0.3 is 6.03 Å². The van der Waals surface area contributed by atoms with E-state index in [1.807, 2.05) is 20.8 Å². The van der Waals surface area contributed by atoms with Crippen LogP contribution < -0.4 is 10.6 Å². The van der Waals surface area contributed by atoms with Gasteiger partial charge in [-0.2, -0.15) is 0 Å². The molecule has 0 aliphatic heterocycles. The van der Waals surface area contributed by atoms with Crippen LogP contribution in [0, 0.1) is 0 Å². The Morgan fingerprint density at radius 2 is 2.00 bits per heavy atom. The highest BCUT2D eigenvalue weighted by atomic mass is 16.5. The van der Waals surface area contributed by atoms with Crippen molar-refractivity contribution in [2.75, 3.05) is 13.7 Å². The highest BCUT2D eigenvalue weighted by molar-refractivity contribution is 5.74. The molecule has 0 heterocycles. The van der Waals surface area contributed by atoms with Crippen molar-refractivity contribution in [1.82, 2.24) is 10.6 Å². The van der Waals surface area contributed by atoms with Crippen molar-refractivity contribution in [3.05, 3.63) is 0 Å². The normalized spacial score (nSPS) is 12.7. The maximum Gasteiger partial charge on any atom is 0.315 e. The minimum Gasteiger partial charge on any atom is -0.383 e. The van der Waals surface area contributed by atoms with E-state index in [9.17, 15) is 4.79 Å². The number of hydrogen-bond acceptors (Lipinski definition) is 2. The van der Waals surface area contributed by atoms with Crippen LogP contribution >= 0.6 is 0 Å². The summed E-state index contributed by atoms with van der Waals surface area (Å²) in [6, 6.07) is 0.141. The van der Waals surface area contributed by atoms with Crippen molar-refractivity contribution in [3.63, 3.8) is 0 Å². The summed E-state index contributed by atoms with van der Waals surface area (Å²) in [5.74, 6) is 0. The third-order valence-electron chi connectivity index (χ3n) is 1.62. The molecule has 2 N–H and O–H groups in total. The first kappa shape index (κ1) is 12.2. The van der Waals surface area contributed by atoms with Gasteiger partial charge in [-0.15, -0.1) is 0 Å². The minimum atomic E-state index is -0.126. The summed E-state index contributed by atoms with van der Waals surface area (Å²) >= 11 is 0. The Kier molecular flexibility index (Phi) is 6.32. The fourth-order valence-corrected chi connectivity index (χ4v) is 0.952. The third-order valence-corrected chi connectivity index (χ3v) is 1.62. The summed E-state index contributed by atoms with van der Waals surface area (Å²) in [5, 5.41) is 5.58. The average molecular weight is 188 g/mol. The fourth-order valence-electron chi connectivity index (χ4n) is 0.952. The molecule has 0 bridgehead atoms. The van der Waals surface area contributed by atoms with Gasteiger partial charge in [-0.3, -0.25) is 0 Å². The van der Waals surface area contributed by atoms with Crippen molar-refractivity contribution in [2.45, 2.75) is 39.3 Å². The van der Waals surface area contributed by atoms with E-state index in [0.29, 0.717) is 6.61 Å². The molecule has 13 heavy (non-hydrogen) atoms. The summed E-state index contributed by atoms with van der Waals surface area (Å²) in [4.78, 5) is 11.2. The van der Waals surface area contributed by atoms with E-state index in [1.165, 1.54) is 0 Å². The van der Waals surface area contributed by atoms with Crippen LogP contribution in [-0.2, 0) is 4.74 Å². The highest BCUT2D eigenvalue weighted by Gasteiger charge is 2.09. The number of carbonyl (C=O) groups is 1. The lowest BCUT2D eigenvalue weighted by atomic mass is 10.2. The van der Waals surface area contributed by atoms with E-state index in [2.05, 4.69) is 10.6 Å². The lowest BCUT2D eigenvalue weighted by molar-refractivity contribution is 0.163. The quantitative estimate of drug-likeness (QED) is 0.679. The van der Waals surface area contributed by atoms with Crippen LogP contribution in [0.5, 0.6) is 0 Å². The fraction of sp³-hybridized carbons (Fsp3) is 0.889. The van der Waals surface area contributed by atoms with E-state index in [1.54, 1.807) is 7.11 Å². The third kappa shape index (κ3) is 6.40. The zero-order valence-corrected chi connectivity index (χ0v) is 8.89. The van der Waals surface area contributed by atoms with E-state index < -0.39 is 0 Å². The molecule has 0 aromatic heterocycles. The van der Waals surface area contributed by atoms with Gasteiger partial charge in [0.25, 0.3) is 0 Å². The second kappa shape index (κ2) is 6.71. The topological polar surface area (TPSA) is 50.4 Å². The molecule has 0 saturated carbocycles. The number of methoxy groups -OCH3 is 1. The van der Waals surface area contributed by atoms with Crippen molar-refractivity contribution in [1.29, 1.82) is 0 Å². The SMILES string of the molecule is CCC(COC)NC(=O)NC(C)C. The second-order valence-corrected chi connectivity index (χ2v) is 3.33. The molecule has 0 aromatic rings. The Morgan fingerprint density at radius 3 is 2.38 bits per heavy atom. The van der Waals surface area contributed by atoms with Crippen LogP contribution in [0.1, 0.15) is 27.2 Å². The first-order valence-electron chi connectivity index (χ1n) is 4.66. The number of urea groups is 1. The van der Waals surface area contributed by atoms with Gasteiger partial charge in [-0.05, 0) is 20.3 Å². The van der Waals surface area contributed by atoms with Gasteiger partial charge < -0.3 is 15.4 Å². The minimum absolute atomic E-state index is 0.101. The molecule has 2 amide bonds. The first-order chi connectivity index (χ1) is 6.10. The van der Waals surface area contributed by atoms with E-state index >= 15 is 0 Å². The van der Waals surface area contributed by atoms with Crippen LogP contribution in [0.3, 0.4) is 0 Å². The van der Waals surface area contributed by atoms with Gasteiger partial charge in [0, 0.05) is 13.2 Å². The highest BCUT2D eigenvalue weighted by Crippen LogP contribution is 1.91. The summed E-state index contributed by atoms with van der Waals surface area (Å²) < 4.78 is 4.96. The lowest BCUT2D eigenvalue weighted by Gasteiger charge is -2.17.